The second-order valence-corrected chi connectivity index (χ2v) is 7.26. The third-order valence-corrected chi connectivity index (χ3v) is 3.56. The van der Waals surface area contributed by atoms with E-state index in [2.05, 4.69) is 16.0 Å². The van der Waals surface area contributed by atoms with Gasteiger partial charge in [-0.15, -0.1) is 0 Å². The van der Waals surface area contributed by atoms with Gasteiger partial charge in [0, 0.05) is 22.5 Å². The topological polar surface area (TPSA) is 70.2 Å². The van der Waals surface area contributed by atoms with Crippen LogP contribution in [0.4, 0.5) is 24.5 Å². The van der Waals surface area contributed by atoms with Crippen LogP contribution in [0.25, 0.3) is 0 Å². The molecule has 2 rings (SSSR count). The van der Waals surface area contributed by atoms with Crippen molar-refractivity contribution >= 4 is 23.2 Å². The van der Waals surface area contributed by atoms with Crippen LogP contribution in [-0.4, -0.2) is 23.9 Å². The van der Waals surface area contributed by atoms with Crippen molar-refractivity contribution in [3.05, 3.63) is 59.7 Å². The molecular weight excluding hydrogens is 371 g/mol. The van der Waals surface area contributed by atoms with E-state index in [0.717, 1.165) is 12.1 Å². The predicted molar refractivity (Wildman–Crippen MR) is 102 cm³/mol. The Morgan fingerprint density at radius 2 is 1.57 bits per heavy atom. The number of halogens is 3. The molecule has 2 amide bonds. The maximum Gasteiger partial charge on any atom is 0.416 e. The van der Waals surface area contributed by atoms with Crippen molar-refractivity contribution in [3.63, 3.8) is 0 Å². The second-order valence-electron chi connectivity index (χ2n) is 7.26. The number of carbonyl (C=O) groups is 2. The van der Waals surface area contributed by atoms with Gasteiger partial charge in [-0.25, -0.2) is 0 Å². The SMILES string of the molecule is CC(C)(C)NC(=O)c1ccc(NCC(=O)Nc2cccc(C(F)(F)F)c2)cc1. The zero-order chi connectivity index (χ0) is 20.9. The third kappa shape index (κ3) is 6.61. The van der Waals surface area contributed by atoms with E-state index < -0.39 is 17.6 Å². The summed E-state index contributed by atoms with van der Waals surface area (Å²) in [7, 11) is 0. The molecule has 0 aromatic heterocycles. The first kappa shape index (κ1) is 21.3. The van der Waals surface area contributed by atoms with E-state index in [-0.39, 0.29) is 23.7 Å². The molecule has 0 saturated heterocycles. The fourth-order valence-corrected chi connectivity index (χ4v) is 2.31. The molecule has 28 heavy (non-hydrogen) atoms. The molecule has 8 heteroatoms. The van der Waals surface area contributed by atoms with Gasteiger partial charge in [0.05, 0.1) is 12.1 Å². The second kappa shape index (κ2) is 8.33. The number of carbonyl (C=O) groups excluding carboxylic acids is 2. The van der Waals surface area contributed by atoms with Crippen LogP contribution in [0.15, 0.2) is 48.5 Å². The number of anilines is 2. The minimum atomic E-state index is -4.47. The lowest BCUT2D eigenvalue weighted by Gasteiger charge is -2.20. The van der Waals surface area contributed by atoms with Crippen LogP contribution in [-0.2, 0) is 11.0 Å². The number of hydrogen-bond acceptors (Lipinski definition) is 3. The number of alkyl halides is 3. The van der Waals surface area contributed by atoms with Gasteiger partial charge in [0.2, 0.25) is 5.91 Å². The van der Waals surface area contributed by atoms with Crippen LogP contribution in [0, 0.1) is 0 Å². The lowest BCUT2D eigenvalue weighted by atomic mass is 10.1. The largest absolute Gasteiger partial charge is 0.416 e. The summed E-state index contributed by atoms with van der Waals surface area (Å²) in [6.07, 6.45) is -4.47. The molecule has 0 spiro atoms. The number of rotatable bonds is 5. The Bertz CT molecular complexity index is 841. The quantitative estimate of drug-likeness (QED) is 0.710. The molecular formula is C20H22F3N3O2. The Morgan fingerprint density at radius 1 is 0.929 bits per heavy atom. The zero-order valence-electron chi connectivity index (χ0n) is 15.8. The average Bonchev–Trinajstić information content (AvgIpc) is 2.58. The first-order valence-electron chi connectivity index (χ1n) is 8.58. The van der Waals surface area contributed by atoms with Gasteiger partial charge in [0.25, 0.3) is 5.91 Å². The van der Waals surface area contributed by atoms with E-state index >= 15 is 0 Å². The van der Waals surface area contributed by atoms with Crippen LogP contribution in [0.1, 0.15) is 36.7 Å². The molecule has 2 aromatic carbocycles. The molecule has 0 radical (unpaired) electrons. The van der Waals surface area contributed by atoms with Gasteiger partial charge in [-0.2, -0.15) is 13.2 Å². The summed E-state index contributed by atoms with van der Waals surface area (Å²) in [6.45, 7) is 5.50. The number of nitrogens with one attached hydrogen (secondary N) is 3. The van der Waals surface area contributed by atoms with Crippen molar-refractivity contribution in [3.8, 4) is 0 Å². The van der Waals surface area contributed by atoms with E-state index in [1.165, 1.54) is 12.1 Å². The van der Waals surface area contributed by atoms with Crippen molar-refractivity contribution in [2.24, 2.45) is 0 Å². The molecule has 5 nitrogen and oxygen atoms in total. The van der Waals surface area contributed by atoms with Crippen molar-refractivity contribution in [2.45, 2.75) is 32.5 Å². The smallest absolute Gasteiger partial charge is 0.376 e. The molecule has 0 atom stereocenters. The van der Waals surface area contributed by atoms with Gasteiger partial charge in [-0.3, -0.25) is 9.59 Å². The molecule has 3 N–H and O–H groups in total. The maximum atomic E-state index is 12.7. The first-order chi connectivity index (χ1) is 12.9. The minimum absolute atomic E-state index is 0.0656. The number of hydrogen-bond donors (Lipinski definition) is 3. The Kier molecular flexibility index (Phi) is 6.33. The van der Waals surface area contributed by atoms with E-state index in [9.17, 15) is 22.8 Å². The normalized spacial score (nSPS) is 11.6. The Morgan fingerprint density at radius 3 is 2.14 bits per heavy atom. The van der Waals surface area contributed by atoms with E-state index in [4.69, 9.17) is 0 Å². The highest BCUT2D eigenvalue weighted by molar-refractivity contribution is 5.95. The van der Waals surface area contributed by atoms with Gasteiger partial charge >= 0.3 is 6.18 Å². The minimum Gasteiger partial charge on any atom is -0.376 e. The lowest BCUT2D eigenvalue weighted by Crippen LogP contribution is -2.40. The first-order valence-corrected chi connectivity index (χ1v) is 8.58. The standard InChI is InChI=1S/C20H22F3N3O2/c1-19(2,3)26-18(28)13-7-9-15(10-8-13)24-12-17(27)25-16-6-4-5-14(11-16)20(21,22)23/h4-11,24H,12H2,1-3H3,(H,25,27)(H,26,28). The molecule has 150 valence electrons. The van der Waals surface area contributed by atoms with Crippen molar-refractivity contribution in [2.75, 3.05) is 17.2 Å². The predicted octanol–water partition coefficient (Wildman–Crippen LogP) is 4.28. The van der Waals surface area contributed by atoms with Crippen molar-refractivity contribution in [1.29, 1.82) is 0 Å². The molecule has 0 aliphatic carbocycles. The molecule has 0 fully saturated rings. The zero-order valence-corrected chi connectivity index (χ0v) is 15.8. The highest BCUT2D eigenvalue weighted by Crippen LogP contribution is 2.30. The summed E-state index contributed by atoms with van der Waals surface area (Å²) in [5.74, 6) is -0.699. The monoisotopic (exact) mass is 393 g/mol. The van der Waals surface area contributed by atoms with Gasteiger partial charge in [0.1, 0.15) is 0 Å². The number of amides is 2. The summed E-state index contributed by atoms with van der Waals surface area (Å²) in [5, 5.41) is 8.12. The fourth-order valence-electron chi connectivity index (χ4n) is 2.31. The van der Waals surface area contributed by atoms with Crippen LogP contribution in [0.3, 0.4) is 0 Å². The Hall–Kier alpha value is -3.03. The maximum absolute atomic E-state index is 12.7. The highest BCUT2D eigenvalue weighted by atomic mass is 19.4. The molecule has 0 aliphatic heterocycles. The molecule has 0 bridgehead atoms. The highest BCUT2D eigenvalue weighted by Gasteiger charge is 2.30. The summed E-state index contributed by atoms with van der Waals surface area (Å²) in [6, 6.07) is 11.0. The van der Waals surface area contributed by atoms with Crippen LogP contribution in [0.2, 0.25) is 0 Å². The van der Waals surface area contributed by atoms with Gasteiger partial charge in [-0.1, -0.05) is 6.07 Å². The Balaban J connectivity index is 1.90. The molecule has 0 saturated carbocycles. The fraction of sp³-hybridized carbons (Fsp3) is 0.300. The van der Waals surface area contributed by atoms with Gasteiger partial charge < -0.3 is 16.0 Å². The van der Waals surface area contributed by atoms with Crippen LogP contribution in [0.5, 0.6) is 0 Å². The summed E-state index contributed by atoms with van der Waals surface area (Å²) in [4.78, 5) is 24.0. The molecule has 2 aromatic rings. The summed E-state index contributed by atoms with van der Waals surface area (Å²) in [5.41, 5.74) is -0.0335. The van der Waals surface area contributed by atoms with Gasteiger partial charge in [-0.05, 0) is 63.2 Å². The van der Waals surface area contributed by atoms with Crippen LogP contribution >= 0.6 is 0 Å². The molecule has 0 unspecified atom stereocenters. The lowest BCUT2D eigenvalue weighted by molar-refractivity contribution is -0.137. The van der Waals surface area contributed by atoms with E-state index in [1.54, 1.807) is 24.3 Å². The molecule has 0 aliphatic rings. The van der Waals surface area contributed by atoms with E-state index in [1.807, 2.05) is 20.8 Å². The number of benzene rings is 2. The molecule has 0 heterocycles. The Labute approximate surface area is 161 Å². The summed E-state index contributed by atoms with van der Waals surface area (Å²) < 4.78 is 38.1. The van der Waals surface area contributed by atoms with Crippen molar-refractivity contribution in [1.82, 2.24) is 5.32 Å². The summed E-state index contributed by atoms with van der Waals surface area (Å²) >= 11 is 0. The third-order valence-electron chi connectivity index (χ3n) is 3.56. The van der Waals surface area contributed by atoms with Crippen molar-refractivity contribution < 1.29 is 22.8 Å². The van der Waals surface area contributed by atoms with E-state index in [0.29, 0.717) is 11.3 Å². The van der Waals surface area contributed by atoms with Gasteiger partial charge in [0.15, 0.2) is 0 Å². The average molecular weight is 393 g/mol. The van der Waals surface area contributed by atoms with Crippen LogP contribution < -0.4 is 16.0 Å².